The summed E-state index contributed by atoms with van der Waals surface area (Å²) in [6.07, 6.45) is 1.67. The van der Waals surface area contributed by atoms with E-state index in [1.165, 1.54) is 22.8 Å². The Kier molecular flexibility index (Phi) is 9.61. The second-order valence-corrected chi connectivity index (χ2v) is 11.5. The van der Waals surface area contributed by atoms with Crippen molar-refractivity contribution in [3.8, 4) is 11.5 Å². The van der Waals surface area contributed by atoms with Gasteiger partial charge in [0.2, 0.25) is 0 Å². The molecule has 2 heterocycles. The summed E-state index contributed by atoms with van der Waals surface area (Å²) in [6, 6.07) is 14.8. The van der Waals surface area contributed by atoms with Crippen molar-refractivity contribution in [1.29, 1.82) is 0 Å². The minimum Gasteiger partial charge on any atom is -0.490 e. The highest BCUT2D eigenvalue weighted by molar-refractivity contribution is 7.07. The number of esters is 1. The van der Waals surface area contributed by atoms with Crippen LogP contribution in [-0.2, 0) is 16.1 Å². The number of hydrogen-bond donors (Lipinski definition) is 0. The molecule has 0 saturated carbocycles. The van der Waals surface area contributed by atoms with Crippen LogP contribution in [0.3, 0.4) is 0 Å². The number of non-ortho nitro benzene ring substituents is 1. The van der Waals surface area contributed by atoms with Crippen LogP contribution in [0.15, 0.2) is 81.7 Å². The van der Waals surface area contributed by atoms with Crippen LogP contribution in [-0.4, -0.2) is 33.6 Å². The molecular weight excluding hydrogens is 628 g/mol. The highest BCUT2D eigenvalue weighted by atomic mass is 32.1. The summed E-state index contributed by atoms with van der Waals surface area (Å²) < 4.78 is 18.8. The largest absolute Gasteiger partial charge is 0.490 e. The molecule has 4 aromatic rings. The molecule has 0 unspecified atom stereocenters. The Bertz CT molecular complexity index is 2100. The maximum absolute atomic E-state index is 14.0. The van der Waals surface area contributed by atoms with E-state index in [1.807, 2.05) is 6.92 Å². The maximum atomic E-state index is 14.0. The number of carbonyl (C=O) groups is 1. The molecule has 5 rings (SSSR count). The number of aryl methyl sites for hydroxylation is 1. The molecule has 1 aromatic heterocycles. The second kappa shape index (κ2) is 13.8. The number of allylic oxidation sites excluding steroid dienone is 1. The molecule has 0 amide bonds. The fourth-order valence-corrected chi connectivity index (χ4v) is 6.18. The standard InChI is InChI=1S/C33H30N4O9S/c1-5-44-27-15-22(10-14-26(27)46-18-21-8-12-24(13-9-21)36(40)41)16-28-31(38)35-30(23-11-7-19(3)25(17-23)37(42)43)29(32(39)45-6-2)20(4)34-33(35)47-28/h7-17,30H,5-6,18H2,1-4H3/b28-16+/t30-/m0/s1. The number of nitro groups is 2. The molecule has 13 nitrogen and oxygen atoms in total. The van der Waals surface area contributed by atoms with Gasteiger partial charge >= 0.3 is 5.97 Å². The number of nitro benzene ring substituents is 2. The maximum Gasteiger partial charge on any atom is 0.338 e. The summed E-state index contributed by atoms with van der Waals surface area (Å²) >= 11 is 1.12. The summed E-state index contributed by atoms with van der Waals surface area (Å²) in [5.41, 5.74) is 2.05. The lowest BCUT2D eigenvalue weighted by Gasteiger charge is -2.24. The fourth-order valence-electron chi connectivity index (χ4n) is 5.13. The van der Waals surface area contributed by atoms with E-state index in [0.29, 0.717) is 49.8 Å². The number of hydrogen-bond acceptors (Lipinski definition) is 11. The van der Waals surface area contributed by atoms with E-state index in [9.17, 15) is 29.8 Å². The minimum atomic E-state index is -0.999. The summed E-state index contributed by atoms with van der Waals surface area (Å²) in [7, 11) is 0. The van der Waals surface area contributed by atoms with Gasteiger partial charge in [-0.3, -0.25) is 29.6 Å². The number of ether oxygens (including phenoxy) is 3. The van der Waals surface area contributed by atoms with Crippen LogP contribution in [0.4, 0.5) is 11.4 Å². The Morgan fingerprint density at radius 1 is 0.957 bits per heavy atom. The zero-order valence-corrected chi connectivity index (χ0v) is 26.7. The lowest BCUT2D eigenvalue weighted by atomic mass is 9.94. The molecule has 1 aliphatic heterocycles. The van der Waals surface area contributed by atoms with E-state index in [-0.39, 0.29) is 30.2 Å². The summed E-state index contributed by atoms with van der Waals surface area (Å²) in [5.74, 6) is 0.211. The minimum absolute atomic E-state index is 0.0165. The Morgan fingerprint density at radius 2 is 1.70 bits per heavy atom. The Labute approximate surface area is 272 Å². The average Bonchev–Trinajstić information content (AvgIpc) is 3.34. The zero-order valence-electron chi connectivity index (χ0n) is 25.9. The van der Waals surface area contributed by atoms with Gasteiger partial charge in [0.1, 0.15) is 6.61 Å². The lowest BCUT2D eigenvalue weighted by Crippen LogP contribution is -2.40. The van der Waals surface area contributed by atoms with Crippen LogP contribution in [0.25, 0.3) is 6.08 Å². The van der Waals surface area contributed by atoms with Crippen molar-refractivity contribution < 1.29 is 28.9 Å². The third-order valence-corrected chi connectivity index (χ3v) is 8.35. The summed E-state index contributed by atoms with van der Waals surface area (Å²) in [5, 5.41) is 22.7. The third kappa shape index (κ3) is 6.82. The van der Waals surface area contributed by atoms with Crippen LogP contribution >= 0.6 is 11.3 Å². The van der Waals surface area contributed by atoms with Gasteiger partial charge in [0.05, 0.1) is 44.9 Å². The molecule has 0 spiro atoms. The van der Waals surface area contributed by atoms with Crippen molar-refractivity contribution >= 4 is 34.8 Å². The molecule has 0 fully saturated rings. The third-order valence-electron chi connectivity index (χ3n) is 7.37. The van der Waals surface area contributed by atoms with Gasteiger partial charge in [-0.25, -0.2) is 9.79 Å². The molecule has 3 aromatic carbocycles. The number of fused-ring (bicyclic) bond motifs is 1. The Hall–Kier alpha value is -5.63. The van der Waals surface area contributed by atoms with E-state index < -0.39 is 27.4 Å². The number of aromatic nitrogens is 1. The monoisotopic (exact) mass is 658 g/mol. The molecule has 242 valence electrons. The van der Waals surface area contributed by atoms with Crippen molar-refractivity contribution in [1.82, 2.24) is 4.57 Å². The molecule has 47 heavy (non-hydrogen) atoms. The van der Waals surface area contributed by atoms with Crippen LogP contribution in [0.1, 0.15) is 49.1 Å². The fraction of sp³-hybridized carbons (Fsp3) is 0.242. The van der Waals surface area contributed by atoms with Gasteiger partial charge in [-0.05, 0) is 74.7 Å². The SMILES string of the molecule is CCOC(=O)C1=C(C)N=c2s/c(=C/c3ccc(OCc4ccc([N+](=O)[O-])cc4)c(OCC)c3)c(=O)n2[C@H]1c1ccc(C)c([N+](=O)[O-])c1. The quantitative estimate of drug-likeness (QED) is 0.124. The van der Waals surface area contributed by atoms with E-state index in [0.717, 1.165) is 16.9 Å². The zero-order chi connectivity index (χ0) is 33.8. The lowest BCUT2D eigenvalue weighted by molar-refractivity contribution is -0.385. The molecule has 0 radical (unpaired) electrons. The molecule has 14 heteroatoms. The molecule has 0 N–H and O–H groups in total. The van der Waals surface area contributed by atoms with Gasteiger partial charge in [0.25, 0.3) is 16.9 Å². The molecule has 1 atom stereocenters. The number of benzene rings is 3. The molecule has 1 aliphatic rings. The van der Waals surface area contributed by atoms with Gasteiger partial charge in [-0.1, -0.05) is 29.5 Å². The molecule has 0 bridgehead atoms. The number of thiazole rings is 1. The molecular formula is C33H30N4O9S. The second-order valence-electron chi connectivity index (χ2n) is 10.5. The van der Waals surface area contributed by atoms with Crippen LogP contribution in [0.2, 0.25) is 0 Å². The number of nitrogens with zero attached hydrogens (tertiary/aromatic N) is 4. The topological polar surface area (TPSA) is 165 Å². The van der Waals surface area contributed by atoms with Crippen molar-refractivity contribution in [3.63, 3.8) is 0 Å². The molecule has 0 aliphatic carbocycles. The summed E-state index contributed by atoms with van der Waals surface area (Å²) in [4.78, 5) is 53.8. The summed E-state index contributed by atoms with van der Waals surface area (Å²) in [6.45, 7) is 7.33. The van der Waals surface area contributed by atoms with Crippen LogP contribution in [0.5, 0.6) is 11.5 Å². The van der Waals surface area contributed by atoms with Gasteiger partial charge in [0.15, 0.2) is 16.3 Å². The highest BCUT2D eigenvalue weighted by Gasteiger charge is 2.34. The van der Waals surface area contributed by atoms with Crippen LogP contribution in [0, 0.1) is 27.2 Å². The van der Waals surface area contributed by atoms with Gasteiger partial charge in [-0.2, -0.15) is 0 Å². The van der Waals surface area contributed by atoms with E-state index in [1.54, 1.807) is 69.3 Å². The highest BCUT2D eigenvalue weighted by Crippen LogP contribution is 2.34. The van der Waals surface area contributed by atoms with Crippen molar-refractivity contribution in [3.05, 3.63) is 134 Å². The first kappa shape index (κ1) is 32.8. The molecule has 0 saturated heterocycles. The first-order valence-corrected chi connectivity index (χ1v) is 15.4. The van der Waals surface area contributed by atoms with Crippen molar-refractivity contribution in [2.75, 3.05) is 13.2 Å². The van der Waals surface area contributed by atoms with E-state index in [2.05, 4.69) is 4.99 Å². The smallest absolute Gasteiger partial charge is 0.338 e. The van der Waals surface area contributed by atoms with Crippen LogP contribution < -0.4 is 24.4 Å². The Morgan fingerprint density at radius 3 is 2.36 bits per heavy atom. The number of rotatable bonds is 11. The predicted molar refractivity (Wildman–Crippen MR) is 173 cm³/mol. The van der Waals surface area contributed by atoms with Crippen molar-refractivity contribution in [2.24, 2.45) is 4.99 Å². The van der Waals surface area contributed by atoms with Crippen molar-refractivity contribution in [2.45, 2.75) is 40.3 Å². The first-order chi connectivity index (χ1) is 22.5. The van der Waals surface area contributed by atoms with Gasteiger partial charge in [-0.15, -0.1) is 0 Å². The first-order valence-electron chi connectivity index (χ1n) is 14.6. The normalized spacial score (nSPS) is 14.3. The number of carbonyl (C=O) groups excluding carboxylic acids is 1. The van der Waals surface area contributed by atoms with Gasteiger partial charge in [0, 0.05) is 23.8 Å². The average molecular weight is 659 g/mol. The van der Waals surface area contributed by atoms with E-state index >= 15 is 0 Å². The predicted octanol–water partition coefficient (Wildman–Crippen LogP) is 4.90. The Balaban J connectivity index is 1.55. The van der Waals surface area contributed by atoms with Gasteiger partial charge < -0.3 is 14.2 Å². The van der Waals surface area contributed by atoms with E-state index in [4.69, 9.17) is 14.2 Å².